The molecule has 0 radical (unpaired) electrons. The van der Waals surface area contributed by atoms with Crippen molar-refractivity contribution >= 4 is 39.0 Å². The van der Waals surface area contributed by atoms with E-state index in [4.69, 9.17) is 16.3 Å². The van der Waals surface area contributed by atoms with Crippen molar-refractivity contribution in [1.82, 2.24) is 4.72 Å². The molecule has 0 saturated heterocycles. The summed E-state index contributed by atoms with van der Waals surface area (Å²) in [5, 5.41) is 0.723. The third kappa shape index (κ3) is 5.48. The van der Waals surface area contributed by atoms with E-state index in [0.717, 1.165) is 42.8 Å². The summed E-state index contributed by atoms with van der Waals surface area (Å²) in [6, 6.07) is 11.3. The first-order valence-corrected chi connectivity index (χ1v) is 17.0. The summed E-state index contributed by atoms with van der Waals surface area (Å²) < 4.78 is 35.1. The van der Waals surface area contributed by atoms with Gasteiger partial charge in [-0.1, -0.05) is 44.5 Å². The van der Waals surface area contributed by atoms with Gasteiger partial charge < -0.3 is 9.64 Å². The van der Waals surface area contributed by atoms with E-state index in [9.17, 15) is 18.0 Å². The van der Waals surface area contributed by atoms with Gasteiger partial charge in [0.05, 0.1) is 18.0 Å². The fourth-order valence-electron chi connectivity index (χ4n) is 7.18. The van der Waals surface area contributed by atoms with Gasteiger partial charge in [-0.25, -0.2) is 13.1 Å². The summed E-state index contributed by atoms with van der Waals surface area (Å²) in [6.45, 7) is 7.39. The summed E-state index contributed by atoms with van der Waals surface area (Å²) in [6.07, 6.45) is 8.20. The average molecular weight is 611 g/mol. The Balaban J connectivity index is 1.43. The molecule has 2 heterocycles. The molecule has 9 heteroatoms. The maximum atomic E-state index is 13.4. The van der Waals surface area contributed by atoms with E-state index >= 15 is 0 Å². The predicted octanol–water partition coefficient (Wildman–Crippen LogP) is 5.70. The highest BCUT2D eigenvalue weighted by molar-refractivity contribution is 7.90. The molecule has 42 heavy (non-hydrogen) atoms. The number of amides is 1. The third-order valence-corrected chi connectivity index (χ3v) is 12.0. The van der Waals surface area contributed by atoms with E-state index in [0.29, 0.717) is 25.4 Å². The van der Waals surface area contributed by atoms with Crippen molar-refractivity contribution in [1.29, 1.82) is 0 Å². The molecule has 2 aliphatic carbocycles. The summed E-state index contributed by atoms with van der Waals surface area (Å²) in [5.41, 5.74) is 2.52. The molecule has 2 aromatic carbocycles. The normalized spacial score (nSPS) is 31.0. The molecule has 2 aliphatic heterocycles. The van der Waals surface area contributed by atoms with Gasteiger partial charge in [0.15, 0.2) is 5.78 Å². The molecule has 1 fully saturated rings. The summed E-state index contributed by atoms with van der Waals surface area (Å²) in [5.74, 6) is -0.239. The third-order valence-electron chi connectivity index (χ3n) is 10.1. The Kier molecular flexibility index (Phi) is 7.45. The number of allylic oxidation sites excluding steroid dienone is 2. The highest BCUT2D eigenvalue weighted by Gasteiger charge is 2.44. The molecule has 0 unspecified atom stereocenters. The first-order valence-electron chi connectivity index (χ1n) is 14.9. The number of halogens is 1. The highest BCUT2D eigenvalue weighted by Crippen LogP contribution is 2.46. The van der Waals surface area contributed by atoms with Gasteiger partial charge in [-0.2, -0.15) is 0 Å². The van der Waals surface area contributed by atoms with Crippen LogP contribution in [0.5, 0.6) is 5.75 Å². The minimum absolute atomic E-state index is 0.0827. The SMILES string of the molecule is C[C@@H]1/C=C/C(=O)[C@@H]2CC[C@H]2CN2C[C@@]3(CCCc4cc(Cl)ccc43)COc3ccc(cc32)C(=O)NS(=O)(=O)CC1(C)C. The van der Waals surface area contributed by atoms with Crippen LogP contribution in [0.15, 0.2) is 48.6 Å². The monoisotopic (exact) mass is 610 g/mol. The fraction of sp³-hybridized carbons (Fsp3) is 0.515. The number of ketones is 1. The minimum Gasteiger partial charge on any atom is -0.490 e. The quantitative estimate of drug-likeness (QED) is 0.411. The number of ether oxygens (including phenoxy) is 1. The standard InChI is InChI=1S/C33H39ClN2O5S/c1-21-6-12-29(37)26-10-7-24(26)17-36-18-33(14-4-5-22-15-25(34)9-11-27(22)33)19-41-30-13-8-23(16-28(30)36)31(38)35-42(39,40)20-32(21,2)3/h6,8-9,11-13,15-16,21,24,26H,4-5,7,10,14,17-20H2,1-3H3,(H,35,38)/b12-6+/t21-,24+,26-,33+/m1/s1. The van der Waals surface area contributed by atoms with E-state index in [-0.39, 0.29) is 40.3 Å². The second kappa shape index (κ2) is 10.7. The van der Waals surface area contributed by atoms with Gasteiger partial charge in [0.2, 0.25) is 10.0 Å². The minimum atomic E-state index is -3.95. The van der Waals surface area contributed by atoms with Crippen LogP contribution in [0.2, 0.25) is 5.02 Å². The number of carbonyl (C=O) groups is 2. The van der Waals surface area contributed by atoms with Gasteiger partial charge in [-0.3, -0.25) is 9.59 Å². The average Bonchev–Trinajstić information content (AvgIpc) is 3.05. The molecule has 1 N–H and O–H groups in total. The van der Waals surface area contributed by atoms with Gasteiger partial charge >= 0.3 is 0 Å². The van der Waals surface area contributed by atoms with Crippen molar-refractivity contribution in [3.8, 4) is 5.75 Å². The number of hydrogen-bond acceptors (Lipinski definition) is 6. The van der Waals surface area contributed by atoms with Crippen LogP contribution in [-0.4, -0.2) is 45.6 Å². The second-order valence-electron chi connectivity index (χ2n) is 13.5. The fourth-order valence-corrected chi connectivity index (χ4v) is 9.09. The van der Waals surface area contributed by atoms with Crippen molar-refractivity contribution in [2.75, 3.05) is 30.3 Å². The van der Waals surface area contributed by atoms with E-state index in [1.165, 1.54) is 11.1 Å². The lowest BCUT2D eigenvalue weighted by Gasteiger charge is -2.44. The largest absolute Gasteiger partial charge is 0.490 e. The zero-order valence-electron chi connectivity index (χ0n) is 24.5. The topological polar surface area (TPSA) is 92.8 Å². The first kappa shape index (κ1) is 29.2. The van der Waals surface area contributed by atoms with Crippen LogP contribution in [-0.2, 0) is 26.7 Å². The molecule has 6 rings (SSSR count). The van der Waals surface area contributed by atoms with Crippen molar-refractivity contribution in [3.63, 3.8) is 0 Å². The molecule has 224 valence electrons. The number of nitrogens with zero attached hydrogens (tertiary/aromatic N) is 1. The number of benzene rings is 2. The Labute approximate surface area is 253 Å². The van der Waals surface area contributed by atoms with Crippen LogP contribution in [0, 0.1) is 23.2 Å². The maximum Gasteiger partial charge on any atom is 0.264 e. The van der Waals surface area contributed by atoms with E-state index in [1.54, 1.807) is 24.3 Å². The summed E-state index contributed by atoms with van der Waals surface area (Å²) in [4.78, 5) is 29.0. The molecule has 1 spiro atoms. The molecule has 2 bridgehead atoms. The molecule has 7 nitrogen and oxygen atoms in total. The van der Waals surface area contributed by atoms with Gasteiger partial charge in [-0.15, -0.1) is 0 Å². The van der Waals surface area contributed by atoms with Crippen LogP contribution in [0.1, 0.15) is 67.9 Å². The molecule has 1 amide bonds. The van der Waals surface area contributed by atoms with Crippen molar-refractivity contribution in [2.45, 2.75) is 58.3 Å². The van der Waals surface area contributed by atoms with Gasteiger partial charge in [-0.05, 0) is 96.9 Å². The molecule has 4 atom stereocenters. The number of sulfonamides is 1. The maximum absolute atomic E-state index is 13.4. The van der Waals surface area contributed by atoms with Crippen molar-refractivity contribution < 1.29 is 22.7 Å². The predicted molar refractivity (Wildman–Crippen MR) is 165 cm³/mol. The van der Waals surface area contributed by atoms with Crippen LogP contribution in [0.4, 0.5) is 5.69 Å². The van der Waals surface area contributed by atoms with Crippen LogP contribution in [0.25, 0.3) is 0 Å². The van der Waals surface area contributed by atoms with Crippen molar-refractivity contribution in [2.24, 2.45) is 23.2 Å². The number of nitrogens with one attached hydrogen (secondary N) is 1. The lowest BCUT2D eigenvalue weighted by atomic mass is 9.68. The second-order valence-corrected chi connectivity index (χ2v) is 15.6. The molecule has 0 aromatic heterocycles. The van der Waals surface area contributed by atoms with Crippen molar-refractivity contribution in [3.05, 3.63) is 70.3 Å². The first-order chi connectivity index (χ1) is 19.9. The van der Waals surface area contributed by atoms with Gasteiger partial charge in [0.25, 0.3) is 5.91 Å². The number of carbonyl (C=O) groups excluding carboxylic acids is 2. The molecule has 2 aromatic rings. The summed E-state index contributed by atoms with van der Waals surface area (Å²) in [7, 11) is -3.95. The van der Waals surface area contributed by atoms with Gasteiger partial charge in [0, 0.05) is 35.0 Å². The number of anilines is 1. The zero-order valence-corrected chi connectivity index (χ0v) is 26.1. The molecule has 4 aliphatic rings. The van der Waals surface area contributed by atoms with E-state index in [1.807, 2.05) is 32.9 Å². The Hall–Kier alpha value is -2.84. The van der Waals surface area contributed by atoms with E-state index < -0.39 is 21.3 Å². The molecular formula is C33H39ClN2O5S. The lowest BCUT2D eigenvalue weighted by molar-refractivity contribution is -0.122. The smallest absolute Gasteiger partial charge is 0.264 e. The van der Waals surface area contributed by atoms with Crippen LogP contribution >= 0.6 is 11.6 Å². The number of rotatable bonds is 0. The molecular weight excluding hydrogens is 572 g/mol. The lowest BCUT2D eigenvalue weighted by Crippen LogP contribution is -2.49. The van der Waals surface area contributed by atoms with Crippen LogP contribution in [0.3, 0.4) is 0 Å². The highest BCUT2D eigenvalue weighted by atomic mass is 35.5. The zero-order chi connectivity index (χ0) is 29.9. The number of hydrogen-bond donors (Lipinski definition) is 1. The van der Waals surface area contributed by atoms with Crippen LogP contribution < -0.4 is 14.4 Å². The molecule has 1 saturated carbocycles. The summed E-state index contributed by atoms with van der Waals surface area (Å²) >= 11 is 6.38. The Morgan fingerprint density at radius 3 is 2.67 bits per heavy atom. The van der Waals surface area contributed by atoms with Gasteiger partial charge in [0.1, 0.15) is 5.75 Å². The number of aryl methyl sites for hydroxylation is 1. The Morgan fingerprint density at radius 1 is 1.10 bits per heavy atom. The van der Waals surface area contributed by atoms with E-state index in [2.05, 4.69) is 21.8 Å². The Bertz CT molecular complexity index is 1570. The Morgan fingerprint density at radius 2 is 1.90 bits per heavy atom. The number of fused-ring (bicyclic) bond motifs is 4.